The van der Waals surface area contributed by atoms with E-state index in [-0.39, 0.29) is 0 Å². The highest BCUT2D eigenvalue weighted by Gasteiger charge is 2.21. The smallest absolute Gasteiger partial charge is 0.131 e. The summed E-state index contributed by atoms with van der Waals surface area (Å²) in [6, 6.07) is 0. The van der Waals surface area contributed by atoms with Gasteiger partial charge in [-0.1, -0.05) is 11.6 Å². The van der Waals surface area contributed by atoms with E-state index in [9.17, 15) is 0 Å². The first kappa shape index (κ1) is 14.6. The lowest BCUT2D eigenvalue weighted by Gasteiger charge is -2.28. The quantitative estimate of drug-likeness (QED) is 0.870. The van der Waals surface area contributed by atoms with Crippen LogP contribution in [0, 0.1) is 12.8 Å². The third kappa shape index (κ3) is 2.99. The van der Waals surface area contributed by atoms with E-state index in [1.807, 2.05) is 20.2 Å². The summed E-state index contributed by atoms with van der Waals surface area (Å²) in [5, 5.41) is 5.13. The van der Waals surface area contributed by atoms with Gasteiger partial charge in [-0.3, -0.25) is 4.68 Å². The molecule has 1 unspecified atom stereocenters. The van der Waals surface area contributed by atoms with Crippen molar-refractivity contribution in [3.63, 3.8) is 0 Å². The molecule has 0 aliphatic carbocycles. The van der Waals surface area contributed by atoms with Crippen molar-refractivity contribution in [2.75, 3.05) is 13.6 Å². The average Bonchev–Trinajstić information content (AvgIpc) is 2.99. The number of aryl methyl sites for hydroxylation is 3. The minimum absolute atomic E-state index is 0.674. The molecule has 0 bridgehead atoms. The van der Waals surface area contributed by atoms with Crippen LogP contribution < -0.4 is 0 Å². The number of fused-ring (bicyclic) bond motifs is 1. The van der Waals surface area contributed by atoms with E-state index in [0.29, 0.717) is 5.92 Å². The maximum atomic E-state index is 6.31. The summed E-state index contributed by atoms with van der Waals surface area (Å²) in [4.78, 5) is 6.73. The van der Waals surface area contributed by atoms with E-state index >= 15 is 0 Å². The van der Waals surface area contributed by atoms with Gasteiger partial charge in [0.1, 0.15) is 11.0 Å². The molecule has 0 saturated carbocycles. The van der Waals surface area contributed by atoms with Crippen LogP contribution in [-0.4, -0.2) is 37.8 Å². The molecule has 3 rings (SSSR count). The summed E-state index contributed by atoms with van der Waals surface area (Å²) < 4.78 is 4.03. The second kappa shape index (κ2) is 5.81. The van der Waals surface area contributed by atoms with Crippen molar-refractivity contribution in [3.05, 3.63) is 34.6 Å². The van der Waals surface area contributed by atoms with Crippen molar-refractivity contribution < 1.29 is 0 Å². The van der Waals surface area contributed by atoms with Crippen LogP contribution in [-0.2, 0) is 26.6 Å². The summed E-state index contributed by atoms with van der Waals surface area (Å²) in [7, 11) is 4.05. The average molecular weight is 308 g/mol. The van der Waals surface area contributed by atoms with Crippen LogP contribution in [0.5, 0.6) is 0 Å². The number of aromatic nitrogens is 4. The molecule has 2 aromatic heterocycles. The van der Waals surface area contributed by atoms with E-state index < -0.39 is 0 Å². The molecule has 0 aromatic carbocycles. The van der Waals surface area contributed by atoms with Crippen LogP contribution in [0.15, 0.2) is 12.4 Å². The fourth-order valence-electron chi connectivity index (χ4n) is 3.21. The second-order valence-corrected chi connectivity index (χ2v) is 6.43. The number of hydrogen-bond acceptors (Lipinski definition) is 3. The predicted octanol–water partition coefficient (Wildman–Crippen LogP) is 2.27. The highest BCUT2D eigenvalue weighted by atomic mass is 35.5. The van der Waals surface area contributed by atoms with Gasteiger partial charge in [0.2, 0.25) is 0 Å². The third-order valence-corrected chi connectivity index (χ3v) is 4.77. The van der Waals surface area contributed by atoms with E-state index in [0.717, 1.165) is 42.5 Å². The van der Waals surface area contributed by atoms with Gasteiger partial charge >= 0.3 is 0 Å². The van der Waals surface area contributed by atoms with Crippen molar-refractivity contribution in [1.82, 2.24) is 24.2 Å². The highest BCUT2D eigenvalue weighted by molar-refractivity contribution is 6.30. The summed E-state index contributed by atoms with van der Waals surface area (Å²) in [5.41, 5.74) is 2.16. The summed E-state index contributed by atoms with van der Waals surface area (Å²) in [6.45, 7) is 5.01. The zero-order valence-corrected chi connectivity index (χ0v) is 13.6. The topological polar surface area (TPSA) is 38.9 Å². The van der Waals surface area contributed by atoms with Crippen molar-refractivity contribution in [1.29, 1.82) is 0 Å². The Morgan fingerprint density at radius 3 is 3.00 bits per heavy atom. The molecular weight excluding hydrogens is 286 g/mol. The van der Waals surface area contributed by atoms with Crippen LogP contribution in [0.2, 0.25) is 5.15 Å². The Morgan fingerprint density at radius 1 is 1.48 bits per heavy atom. The van der Waals surface area contributed by atoms with Crippen LogP contribution >= 0.6 is 11.6 Å². The molecular formula is C15H22ClN5. The zero-order chi connectivity index (χ0) is 15.0. The molecule has 1 atom stereocenters. The zero-order valence-electron chi connectivity index (χ0n) is 12.9. The van der Waals surface area contributed by atoms with Crippen LogP contribution in [0.1, 0.15) is 23.5 Å². The lowest BCUT2D eigenvalue weighted by atomic mass is 9.99. The number of imidazole rings is 1. The van der Waals surface area contributed by atoms with Crippen LogP contribution in [0.25, 0.3) is 0 Å². The van der Waals surface area contributed by atoms with Gasteiger partial charge in [-0.2, -0.15) is 5.10 Å². The molecule has 1 aliphatic heterocycles. The van der Waals surface area contributed by atoms with Gasteiger partial charge in [-0.15, -0.1) is 0 Å². The highest BCUT2D eigenvalue weighted by Crippen LogP contribution is 2.23. The van der Waals surface area contributed by atoms with Crippen LogP contribution in [0.3, 0.4) is 0 Å². The molecule has 114 valence electrons. The van der Waals surface area contributed by atoms with Crippen molar-refractivity contribution in [3.8, 4) is 0 Å². The second-order valence-electron chi connectivity index (χ2n) is 6.08. The molecule has 0 N–H and O–H groups in total. The molecule has 5 nitrogen and oxygen atoms in total. The largest absolute Gasteiger partial charge is 0.335 e. The molecule has 0 radical (unpaired) electrons. The van der Waals surface area contributed by atoms with Gasteiger partial charge in [0, 0.05) is 51.1 Å². The molecule has 0 amide bonds. The number of hydrogen-bond donors (Lipinski definition) is 0. The number of nitrogens with zero attached hydrogens (tertiary/aromatic N) is 5. The summed E-state index contributed by atoms with van der Waals surface area (Å²) in [5.74, 6) is 1.90. The van der Waals surface area contributed by atoms with Gasteiger partial charge in [0.15, 0.2) is 0 Å². The summed E-state index contributed by atoms with van der Waals surface area (Å²) >= 11 is 6.31. The fraction of sp³-hybridized carbons (Fsp3) is 0.600. The van der Waals surface area contributed by atoms with E-state index in [1.54, 1.807) is 4.68 Å². The molecule has 0 saturated heterocycles. The van der Waals surface area contributed by atoms with E-state index in [1.165, 1.54) is 12.2 Å². The Labute approximate surface area is 130 Å². The molecule has 3 heterocycles. The van der Waals surface area contributed by atoms with Crippen molar-refractivity contribution >= 4 is 11.6 Å². The first-order valence-electron chi connectivity index (χ1n) is 7.41. The normalized spacial score (nSPS) is 18.2. The maximum Gasteiger partial charge on any atom is 0.131 e. The van der Waals surface area contributed by atoms with Gasteiger partial charge in [0.05, 0.1) is 5.69 Å². The minimum atomic E-state index is 0.674. The maximum absolute atomic E-state index is 6.31. The lowest BCUT2D eigenvalue weighted by Crippen LogP contribution is -2.31. The predicted molar refractivity (Wildman–Crippen MR) is 83.3 cm³/mol. The first-order chi connectivity index (χ1) is 10.0. The Kier molecular flexibility index (Phi) is 4.04. The standard InChI is InChI=1S/C15H22ClN5/c1-11-13(15(16)20(3)18-11)10-19(2)8-12-4-5-14-17-6-7-21(14)9-12/h6-7,12H,4-5,8-10H2,1-3H3. The molecule has 0 fully saturated rings. The molecule has 0 spiro atoms. The number of rotatable bonds is 4. The van der Waals surface area contributed by atoms with Gasteiger partial charge in [0.25, 0.3) is 0 Å². The van der Waals surface area contributed by atoms with E-state index in [2.05, 4.69) is 32.8 Å². The minimum Gasteiger partial charge on any atom is -0.335 e. The van der Waals surface area contributed by atoms with Crippen LogP contribution in [0.4, 0.5) is 0 Å². The number of halogens is 1. The molecule has 1 aliphatic rings. The van der Waals surface area contributed by atoms with Gasteiger partial charge < -0.3 is 9.47 Å². The molecule has 6 heteroatoms. The fourth-order valence-corrected chi connectivity index (χ4v) is 3.45. The van der Waals surface area contributed by atoms with E-state index in [4.69, 9.17) is 11.6 Å². The monoisotopic (exact) mass is 307 g/mol. The third-order valence-electron chi connectivity index (χ3n) is 4.30. The van der Waals surface area contributed by atoms with Gasteiger partial charge in [-0.25, -0.2) is 4.98 Å². The Balaban J connectivity index is 1.61. The molecule has 2 aromatic rings. The van der Waals surface area contributed by atoms with Crippen molar-refractivity contribution in [2.45, 2.75) is 32.9 Å². The molecule has 21 heavy (non-hydrogen) atoms. The Morgan fingerprint density at radius 2 is 2.29 bits per heavy atom. The Bertz CT molecular complexity index is 630. The lowest BCUT2D eigenvalue weighted by molar-refractivity contribution is 0.229. The summed E-state index contributed by atoms with van der Waals surface area (Å²) in [6.07, 6.45) is 6.28. The first-order valence-corrected chi connectivity index (χ1v) is 7.79. The SMILES string of the molecule is Cc1nn(C)c(Cl)c1CN(C)CC1CCc2nccn2C1. The Hall–Kier alpha value is -1.33. The van der Waals surface area contributed by atoms with Crippen molar-refractivity contribution in [2.24, 2.45) is 13.0 Å². The van der Waals surface area contributed by atoms with Gasteiger partial charge in [-0.05, 0) is 26.3 Å².